The largest absolute Gasteiger partial charge is 0.394 e. The number of allylic oxidation sites excluding steroid dienone is 13. The zero-order valence-electron chi connectivity index (χ0n) is 43.2. The van der Waals surface area contributed by atoms with E-state index in [4.69, 9.17) is 0 Å². The molecule has 0 aliphatic heterocycles. The normalized spacial score (nSPS) is 13.5. The molecule has 2 atom stereocenters. The number of hydrogen-bond donors (Lipinski definition) is 3. The van der Waals surface area contributed by atoms with Crippen LogP contribution in [0.5, 0.6) is 0 Å². The molecule has 0 aromatic carbocycles. The van der Waals surface area contributed by atoms with Gasteiger partial charge in [0.15, 0.2) is 0 Å². The van der Waals surface area contributed by atoms with Crippen molar-refractivity contribution in [3.8, 4) is 0 Å². The summed E-state index contributed by atoms with van der Waals surface area (Å²) in [5.41, 5.74) is 0. The van der Waals surface area contributed by atoms with Crippen molar-refractivity contribution in [3.63, 3.8) is 0 Å². The first-order valence-corrected chi connectivity index (χ1v) is 28.3. The lowest BCUT2D eigenvalue weighted by Gasteiger charge is -2.20. The van der Waals surface area contributed by atoms with Crippen molar-refractivity contribution in [2.75, 3.05) is 6.61 Å². The summed E-state index contributed by atoms with van der Waals surface area (Å²) in [6.07, 6.45) is 81.7. The Labute approximate surface area is 405 Å². The van der Waals surface area contributed by atoms with E-state index in [0.717, 1.165) is 77.0 Å². The van der Waals surface area contributed by atoms with Gasteiger partial charge in [-0.2, -0.15) is 0 Å². The highest BCUT2D eigenvalue weighted by Gasteiger charge is 2.18. The predicted molar refractivity (Wildman–Crippen MR) is 290 cm³/mol. The highest BCUT2D eigenvalue weighted by atomic mass is 16.3. The van der Waals surface area contributed by atoms with Gasteiger partial charge in [0.1, 0.15) is 0 Å². The van der Waals surface area contributed by atoms with E-state index in [2.05, 4.69) is 92.1 Å². The van der Waals surface area contributed by atoms with Crippen LogP contribution in [0.3, 0.4) is 0 Å². The lowest BCUT2D eigenvalue weighted by Crippen LogP contribution is -2.45. The molecule has 4 heteroatoms. The first-order valence-electron chi connectivity index (χ1n) is 28.3. The third-order valence-corrected chi connectivity index (χ3v) is 12.6. The number of aliphatic hydroxyl groups is 2. The van der Waals surface area contributed by atoms with Gasteiger partial charge in [0.25, 0.3) is 0 Å². The Kier molecular flexibility index (Phi) is 53.8. The molecule has 0 spiro atoms. The summed E-state index contributed by atoms with van der Waals surface area (Å²) >= 11 is 0. The Balaban J connectivity index is 3.56. The van der Waals surface area contributed by atoms with Crippen LogP contribution in [-0.4, -0.2) is 34.9 Å². The van der Waals surface area contributed by atoms with Crippen molar-refractivity contribution in [2.45, 2.75) is 289 Å². The van der Waals surface area contributed by atoms with Gasteiger partial charge in [-0.15, -0.1) is 0 Å². The van der Waals surface area contributed by atoms with E-state index in [1.807, 2.05) is 6.08 Å². The smallest absolute Gasteiger partial charge is 0.220 e. The number of amides is 1. The molecule has 65 heavy (non-hydrogen) atoms. The molecule has 2 unspecified atom stereocenters. The van der Waals surface area contributed by atoms with Gasteiger partial charge < -0.3 is 15.5 Å². The Morgan fingerprint density at radius 2 is 0.677 bits per heavy atom. The highest BCUT2D eigenvalue weighted by Crippen LogP contribution is 2.17. The van der Waals surface area contributed by atoms with E-state index >= 15 is 0 Å². The molecular formula is C61H109NO3. The van der Waals surface area contributed by atoms with Crippen LogP contribution in [0.15, 0.2) is 85.1 Å². The topological polar surface area (TPSA) is 69.6 Å². The Bertz CT molecular complexity index is 1160. The van der Waals surface area contributed by atoms with Crippen LogP contribution >= 0.6 is 0 Å². The van der Waals surface area contributed by atoms with Crippen molar-refractivity contribution in [3.05, 3.63) is 85.1 Å². The average Bonchev–Trinajstić information content (AvgIpc) is 3.31. The van der Waals surface area contributed by atoms with Crippen molar-refractivity contribution in [1.82, 2.24) is 5.32 Å². The number of hydrogen-bond acceptors (Lipinski definition) is 3. The van der Waals surface area contributed by atoms with Gasteiger partial charge in [-0.1, -0.05) is 285 Å². The van der Waals surface area contributed by atoms with Gasteiger partial charge in [-0.3, -0.25) is 4.79 Å². The van der Waals surface area contributed by atoms with E-state index in [9.17, 15) is 15.0 Å². The summed E-state index contributed by atoms with van der Waals surface area (Å²) in [7, 11) is 0. The van der Waals surface area contributed by atoms with E-state index in [1.54, 1.807) is 6.08 Å². The van der Waals surface area contributed by atoms with Crippen LogP contribution in [0.2, 0.25) is 0 Å². The molecular weight excluding hydrogens is 795 g/mol. The zero-order valence-corrected chi connectivity index (χ0v) is 43.2. The molecule has 0 bridgehead atoms. The quantitative estimate of drug-likeness (QED) is 0.0421. The van der Waals surface area contributed by atoms with E-state index in [-0.39, 0.29) is 12.5 Å². The molecule has 0 heterocycles. The lowest BCUT2D eigenvalue weighted by atomic mass is 10.0. The lowest BCUT2D eigenvalue weighted by molar-refractivity contribution is -0.123. The molecule has 0 saturated heterocycles. The summed E-state index contributed by atoms with van der Waals surface area (Å²) in [5, 5.41) is 23.2. The number of carbonyl (C=O) groups excluding carboxylic acids is 1. The molecule has 1 amide bonds. The zero-order chi connectivity index (χ0) is 47.0. The number of carbonyl (C=O) groups is 1. The standard InChI is InChI=1S/C61H109NO3/c1-3-5-7-9-11-13-15-17-19-21-23-25-27-29-30-31-33-34-36-38-40-42-44-46-48-50-52-54-56-60(64)59(58-63)62-61(65)57-55-53-51-49-47-45-43-41-39-37-35-32-28-26-24-22-20-18-16-14-12-10-8-6-4-2/h6,8,12,14,18,20,24,26,32,35,39,41,54,56,59-60,63-64H,3-5,7,9-11,13,15-17,19,21-23,25,27-31,33-34,36-38,40,42-53,55,57-58H2,1-2H3,(H,62,65)/b8-6-,14-12-,20-18-,26-24-,35-32-,41-39-,56-54+. The minimum absolute atomic E-state index is 0.0791. The second-order valence-electron chi connectivity index (χ2n) is 19.0. The molecule has 0 rings (SSSR count). The monoisotopic (exact) mass is 904 g/mol. The third-order valence-electron chi connectivity index (χ3n) is 12.6. The third kappa shape index (κ3) is 52.4. The second-order valence-corrected chi connectivity index (χ2v) is 19.0. The van der Waals surface area contributed by atoms with Crippen LogP contribution in [0.4, 0.5) is 0 Å². The van der Waals surface area contributed by atoms with Crippen molar-refractivity contribution >= 4 is 5.91 Å². The van der Waals surface area contributed by atoms with Crippen molar-refractivity contribution in [2.24, 2.45) is 0 Å². The van der Waals surface area contributed by atoms with Gasteiger partial charge in [0.05, 0.1) is 18.8 Å². The number of aliphatic hydroxyl groups excluding tert-OH is 2. The Morgan fingerprint density at radius 1 is 0.385 bits per heavy atom. The van der Waals surface area contributed by atoms with Gasteiger partial charge in [0, 0.05) is 6.42 Å². The number of unbranched alkanes of at least 4 members (excludes halogenated alkanes) is 32. The van der Waals surface area contributed by atoms with Crippen LogP contribution in [0, 0.1) is 0 Å². The average molecular weight is 905 g/mol. The maximum absolute atomic E-state index is 12.5. The van der Waals surface area contributed by atoms with Gasteiger partial charge in [-0.25, -0.2) is 0 Å². The van der Waals surface area contributed by atoms with E-state index in [0.29, 0.717) is 6.42 Å². The van der Waals surface area contributed by atoms with Crippen LogP contribution < -0.4 is 5.32 Å². The van der Waals surface area contributed by atoms with Crippen LogP contribution in [-0.2, 0) is 4.79 Å². The first kappa shape index (κ1) is 62.6. The van der Waals surface area contributed by atoms with E-state index in [1.165, 1.54) is 180 Å². The molecule has 0 saturated carbocycles. The molecule has 0 aromatic heterocycles. The molecule has 0 radical (unpaired) electrons. The maximum Gasteiger partial charge on any atom is 0.220 e. The maximum atomic E-state index is 12.5. The summed E-state index contributed by atoms with van der Waals surface area (Å²) in [6.45, 7) is 4.21. The molecule has 376 valence electrons. The van der Waals surface area contributed by atoms with Crippen LogP contribution in [0.25, 0.3) is 0 Å². The molecule has 0 aliphatic carbocycles. The molecule has 0 aliphatic rings. The fraction of sp³-hybridized carbons (Fsp3) is 0.754. The summed E-state index contributed by atoms with van der Waals surface area (Å²) in [5.74, 6) is -0.0791. The Hall–Kier alpha value is -2.43. The fourth-order valence-corrected chi connectivity index (χ4v) is 8.36. The Morgan fingerprint density at radius 3 is 1.02 bits per heavy atom. The van der Waals surface area contributed by atoms with Crippen molar-refractivity contribution < 1.29 is 15.0 Å². The number of nitrogens with one attached hydrogen (secondary N) is 1. The van der Waals surface area contributed by atoms with E-state index < -0.39 is 12.1 Å². The van der Waals surface area contributed by atoms with Crippen LogP contribution in [0.1, 0.15) is 277 Å². The summed E-state index contributed by atoms with van der Waals surface area (Å²) < 4.78 is 0. The minimum Gasteiger partial charge on any atom is -0.394 e. The highest BCUT2D eigenvalue weighted by molar-refractivity contribution is 5.76. The van der Waals surface area contributed by atoms with Gasteiger partial charge in [0.2, 0.25) is 5.91 Å². The number of rotatable bonds is 51. The summed E-state index contributed by atoms with van der Waals surface area (Å²) in [6, 6.07) is -0.637. The molecule has 0 aromatic rings. The predicted octanol–water partition coefficient (Wildman–Crippen LogP) is 18.8. The SMILES string of the molecule is CC/C=C\C/C=C\C/C=C\C/C=C\C/C=C\C/C=C\CCCCCCCCC(=O)NC(CO)C(O)/C=C/CCCCCCCCCCCCCCCCCCCCCCCCCCCC. The first-order chi connectivity index (χ1) is 32.2. The molecule has 3 N–H and O–H groups in total. The minimum atomic E-state index is -0.853. The van der Waals surface area contributed by atoms with Gasteiger partial charge in [-0.05, 0) is 70.6 Å². The summed E-state index contributed by atoms with van der Waals surface area (Å²) in [4.78, 5) is 12.5. The second kappa shape index (κ2) is 55.9. The van der Waals surface area contributed by atoms with Gasteiger partial charge >= 0.3 is 0 Å². The molecule has 0 fully saturated rings. The molecule has 4 nitrogen and oxygen atoms in total. The fourth-order valence-electron chi connectivity index (χ4n) is 8.36. The van der Waals surface area contributed by atoms with Crippen molar-refractivity contribution in [1.29, 1.82) is 0 Å².